The molecule has 0 saturated heterocycles. The molecule has 0 bridgehead atoms. The van der Waals surface area contributed by atoms with Crippen LogP contribution >= 0.6 is 33.9 Å². The van der Waals surface area contributed by atoms with Crippen molar-refractivity contribution in [1.29, 1.82) is 0 Å². The Labute approximate surface area is 134 Å². The van der Waals surface area contributed by atoms with Crippen LogP contribution in [0.1, 0.15) is 15.2 Å². The summed E-state index contributed by atoms with van der Waals surface area (Å²) in [7, 11) is 0. The van der Waals surface area contributed by atoms with Gasteiger partial charge >= 0.3 is 0 Å². The van der Waals surface area contributed by atoms with E-state index in [4.69, 9.17) is 0 Å². The number of hydrogen-bond acceptors (Lipinski definition) is 3. The van der Waals surface area contributed by atoms with Gasteiger partial charge in [0.1, 0.15) is 0 Å². The quantitative estimate of drug-likeness (QED) is 0.475. The summed E-state index contributed by atoms with van der Waals surface area (Å²) in [6.07, 6.45) is 3.07. The van der Waals surface area contributed by atoms with E-state index in [1.165, 1.54) is 17.4 Å². The van der Waals surface area contributed by atoms with Crippen molar-refractivity contribution >= 4 is 51.8 Å². The number of carbonyl (C=O) groups is 2. The molecule has 102 valence electrons. The lowest BCUT2D eigenvalue weighted by Crippen LogP contribution is -2.41. The number of thiophene rings is 1. The maximum atomic E-state index is 11.9. The Morgan fingerprint density at radius 2 is 1.90 bits per heavy atom. The van der Waals surface area contributed by atoms with Crippen LogP contribution in [0.5, 0.6) is 0 Å². The van der Waals surface area contributed by atoms with Crippen LogP contribution < -0.4 is 10.9 Å². The highest BCUT2D eigenvalue weighted by atomic mass is 127. The molecule has 1 heterocycles. The Balaban J connectivity index is 1.87. The highest BCUT2D eigenvalue weighted by Crippen LogP contribution is 2.11. The molecule has 2 aromatic rings. The Bertz CT molecular complexity index is 638. The van der Waals surface area contributed by atoms with Gasteiger partial charge in [-0.3, -0.25) is 20.4 Å². The maximum absolute atomic E-state index is 11.9. The maximum Gasteiger partial charge on any atom is 0.270 e. The topological polar surface area (TPSA) is 58.2 Å². The molecule has 0 radical (unpaired) electrons. The predicted octanol–water partition coefficient (Wildman–Crippen LogP) is 2.83. The number of benzene rings is 1. The van der Waals surface area contributed by atoms with Gasteiger partial charge in [-0.25, -0.2) is 0 Å². The minimum absolute atomic E-state index is 0.340. The van der Waals surface area contributed by atoms with Gasteiger partial charge in [0.2, 0.25) is 0 Å². The van der Waals surface area contributed by atoms with E-state index in [1.807, 2.05) is 29.6 Å². The third-order valence-corrected chi connectivity index (χ3v) is 4.14. The highest BCUT2D eigenvalue weighted by Gasteiger charge is 2.08. The number of halogens is 1. The molecule has 2 N–H and O–H groups in total. The minimum atomic E-state index is -0.377. The second-order valence-corrected chi connectivity index (χ2v) is 5.91. The first-order valence-electron chi connectivity index (χ1n) is 5.73. The summed E-state index contributed by atoms with van der Waals surface area (Å²) >= 11 is 3.60. The summed E-state index contributed by atoms with van der Waals surface area (Å²) in [5.41, 5.74) is 5.25. The summed E-state index contributed by atoms with van der Waals surface area (Å²) in [5, 5.41) is 1.93. The number of carbonyl (C=O) groups excluding carboxylic acids is 2. The van der Waals surface area contributed by atoms with Crippen LogP contribution in [-0.4, -0.2) is 11.8 Å². The van der Waals surface area contributed by atoms with Crippen LogP contribution in [0.4, 0.5) is 0 Å². The normalized spacial score (nSPS) is 10.4. The molecule has 20 heavy (non-hydrogen) atoms. The smallest absolute Gasteiger partial charge is 0.268 e. The van der Waals surface area contributed by atoms with Crippen molar-refractivity contribution in [2.24, 2.45) is 0 Å². The van der Waals surface area contributed by atoms with Crippen LogP contribution in [0.3, 0.4) is 0 Å². The molecule has 0 atom stereocenters. The van der Waals surface area contributed by atoms with Crippen molar-refractivity contribution in [3.05, 3.63) is 61.9 Å². The first-order chi connectivity index (χ1) is 9.66. The molecule has 1 aromatic carbocycles. The van der Waals surface area contributed by atoms with E-state index < -0.39 is 0 Å². The minimum Gasteiger partial charge on any atom is -0.268 e. The number of nitrogens with one attached hydrogen (secondary N) is 2. The van der Waals surface area contributed by atoms with Gasteiger partial charge in [-0.1, -0.05) is 18.2 Å². The zero-order valence-electron chi connectivity index (χ0n) is 10.3. The van der Waals surface area contributed by atoms with E-state index in [-0.39, 0.29) is 11.8 Å². The zero-order chi connectivity index (χ0) is 14.4. The molecule has 4 nitrogen and oxygen atoms in total. The molecule has 2 amide bonds. The second-order valence-electron chi connectivity index (χ2n) is 3.77. The molecule has 0 aliphatic carbocycles. The Morgan fingerprint density at radius 1 is 1.10 bits per heavy atom. The SMILES string of the molecule is O=C(/C=C/c1cccs1)NNC(=O)c1ccccc1I. The first-order valence-corrected chi connectivity index (χ1v) is 7.69. The first kappa shape index (κ1) is 14.7. The van der Waals surface area contributed by atoms with Crippen molar-refractivity contribution in [2.75, 3.05) is 0 Å². The molecular formula is C14H11IN2O2S. The Morgan fingerprint density at radius 3 is 2.60 bits per heavy atom. The van der Waals surface area contributed by atoms with Gasteiger partial charge in [0.15, 0.2) is 0 Å². The van der Waals surface area contributed by atoms with Gasteiger partial charge in [-0.15, -0.1) is 11.3 Å². The third-order valence-electron chi connectivity index (χ3n) is 2.36. The van der Waals surface area contributed by atoms with Gasteiger partial charge in [0.05, 0.1) is 5.56 Å². The van der Waals surface area contributed by atoms with Crippen molar-refractivity contribution in [3.63, 3.8) is 0 Å². The van der Waals surface area contributed by atoms with E-state index in [1.54, 1.807) is 18.2 Å². The summed E-state index contributed by atoms with van der Waals surface area (Å²) in [6, 6.07) is 11.0. The van der Waals surface area contributed by atoms with E-state index in [0.717, 1.165) is 8.45 Å². The molecule has 0 spiro atoms. The lowest BCUT2D eigenvalue weighted by atomic mass is 10.2. The van der Waals surface area contributed by atoms with E-state index in [9.17, 15) is 9.59 Å². The van der Waals surface area contributed by atoms with Crippen molar-refractivity contribution < 1.29 is 9.59 Å². The third kappa shape index (κ3) is 4.17. The fraction of sp³-hybridized carbons (Fsp3) is 0. The zero-order valence-corrected chi connectivity index (χ0v) is 13.3. The van der Waals surface area contributed by atoms with Gasteiger partial charge in [0.25, 0.3) is 11.8 Å². The highest BCUT2D eigenvalue weighted by molar-refractivity contribution is 14.1. The fourth-order valence-corrected chi connectivity index (χ4v) is 2.67. The van der Waals surface area contributed by atoms with Crippen LogP contribution in [0.2, 0.25) is 0 Å². The van der Waals surface area contributed by atoms with Crippen molar-refractivity contribution in [2.45, 2.75) is 0 Å². The summed E-state index contributed by atoms with van der Waals surface area (Å²) in [4.78, 5) is 24.4. The van der Waals surface area contributed by atoms with Crippen LogP contribution in [-0.2, 0) is 4.79 Å². The largest absolute Gasteiger partial charge is 0.270 e. The molecule has 0 aliphatic rings. The van der Waals surface area contributed by atoms with Crippen LogP contribution in [0.25, 0.3) is 6.08 Å². The average molecular weight is 398 g/mol. The summed E-state index contributed by atoms with van der Waals surface area (Å²) in [5.74, 6) is -0.717. The van der Waals surface area contributed by atoms with Crippen molar-refractivity contribution in [1.82, 2.24) is 10.9 Å². The van der Waals surface area contributed by atoms with Crippen molar-refractivity contribution in [3.8, 4) is 0 Å². The standard InChI is InChI=1S/C14H11IN2O2S/c15-12-6-2-1-5-11(12)14(19)17-16-13(18)8-7-10-4-3-9-20-10/h1-9H,(H,16,18)(H,17,19)/b8-7+. The lowest BCUT2D eigenvalue weighted by Gasteiger charge is -2.06. The fourth-order valence-electron chi connectivity index (χ4n) is 1.42. The monoisotopic (exact) mass is 398 g/mol. The molecule has 0 unspecified atom stereocenters. The number of amides is 2. The van der Waals surface area contributed by atoms with E-state index in [2.05, 4.69) is 33.4 Å². The van der Waals surface area contributed by atoms with Gasteiger partial charge < -0.3 is 0 Å². The summed E-state index contributed by atoms with van der Waals surface area (Å²) in [6.45, 7) is 0. The molecule has 1 aromatic heterocycles. The number of hydrazine groups is 1. The molecule has 2 rings (SSSR count). The Hall–Kier alpha value is -1.67. The van der Waals surface area contributed by atoms with E-state index >= 15 is 0 Å². The molecular weight excluding hydrogens is 387 g/mol. The number of rotatable bonds is 3. The van der Waals surface area contributed by atoms with Gasteiger partial charge in [-0.2, -0.15) is 0 Å². The molecule has 0 saturated carbocycles. The van der Waals surface area contributed by atoms with Gasteiger partial charge in [-0.05, 0) is 52.2 Å². The second kappa shape index (κ2) is 7.20. The lowest BCUT2D eigenvalue weighted by molar-refractivity contribution is -0.117. The molecule has 6 heteroatoms. The van der Waals surface area contributed by atoms with Gasteiger partial charge in [0, 0.05) is 14.5 Å². The average Bonchev–Trinajstić information content (AvgIpc) is 2.96. The number of hydrogen-bond donors (Lipinski definition) is 2. The van der Waals surface area contributed by atoms with Crippen LogP contribution in [0, 0.1) is 3.57 Å². The Kier molecular flexibility index (Phi) is 5.31. The van der Waals surface area contributed by atoms with E-state index in [0.29, 0.717) is 5.56 Å². The predicted molar refractivity (Wildman–Crippen MR) is 88.1 cm³/mol. The summed E-state index contributed by atoms with van der Waals surface area (Å²) < 4.78 is 0.825. The molecule has 0 aliphatic heterocycles. The molecule has 0 fully saturated rings. The van der Waals surface area contributed by atoms with Crippen LogP contribution in [0.15, 0.2) is 47.9 Å².